The third-order valence-electron chi connectivity index (χ3n) is 8.30. The summed E-state index contributed by atoms with van der Waals surface area (Å²) in [5, 5.41) is 22.7. The lowest BCUT2D eigenvalue weighted by molar-refractivity contribution is -0.222. The molecule has 3 aliphatic carbocycles. The van der Waals surface area contributed by atoms with Gasteiger partial charge in [0.2, 0.25) is 0 Å². The normalized spacial score (nSPS) is 38.6. The van der Waals surface area contributed by atoms with Gasteiger partial charge in [0.25, 0.3) is 0 Å². The average Bonchev–Trinajstić information content (AvgIpc) is 2.70. The van der Waals surface area contributed by atoms with Crippen LogP contribution in [0, 0.1) is 22.7 Å². The second-order valence-electron chi connectivity index (χ2n) is 10.8. The Morgan fingerprint density at radius 2 is 1.51 bits per heavy atom. The fourth-order valence-corrected chi connectivity index (χ4v) is 6.68. The van der Waals surface area contributed by atoms with Crippen molar-refractivity contribution in [3.63, 3.8) is 0 Å². The maximum Gasteiger partial charge on any atom is 0.303 e. The standard InChI is InChI=1S/C26H36O9/c1-11-18(31)10-19(33-13(3)27)26(8)20(11)22(32)16-9-17(30)12(2)21(25(16,6)7)23(34-14(4)28)24(26)35-15(5)29/h16,18-20,22-24,31-32H,1,9-10H2,2-8H3/t16-,18-,19-,20-,22+,23+,24-,26+/m0/s1. The van der Waals surface area contributed by atoms with Gasteiger partial charge in [0.1, 0.15) is 6.10 Å². The van der Waals surface area contributed by atoms with Crippen LogP contribution in [0.25, 0.3) is 0 Å². The minimum atomic E-state index is -1.35. The van der Waals surface area contributed by atoms with E-state index in [2.05, 4.69) is 6.58 Å². The minimum absolute atomic E-state index is 0.0305. The Hall–Kier alpha value is -2.52. The number of allylic oxidation sites excluding steroid dienone is 1. The lowest BCUT2D eigenvalue weighted by Crippen LogP contribution is -2.67. The van der Waals surface area contributed by atoms with E-state index in [-0.39, 0.29) is 24.2 Å². The molecular formula is C26H36O9. The van der Waals surface area contributed by atoms with Crippen LogP contribution in [0.2, 0.25) is 0 Å². The number of aliphatic hydroxyl groups is 2. The summed E-state index contributed by atoms with van der Waals surface area (Å²) in [6.07, 6.45) is -5.81. The van der Waals surface area contributed by atoms with E-state index in [0.29, 0.717) is 11.1 Å². The van der Waals surface area contributed by atoms with Gasteiger partial charge in [-0.2, -0.15) is 0 Å². The summed E-state index contributed by atoms with van der Waals surface area (Å²) in [7, 11) is 0. The van der Waals surface area contributed by atoms with E-state index in [0.717, 1.165) is 0 Å². The molecule has 0 aromatic rings. The SMILES string of the molecule is C=C1[C@@H](O)C[C@H](OC(C)=O)[C@@]2(C)[C@@H](OC(C)=O)[C@H](OC(C)=O)C3=C(C)C(=O)C[C@@H]([C@@H](O)[C@H]12)C3(C)C. The van der Waals surface area contributed by atoms with Crippen molar-refractivity contribution in [3.8, 4) is 0 Å². The van der Waals surface area contributed by atoms with Gasteiger partial charge in [0.05, 0.1) is 17.6 Å². The molecule has 0 amide bonds. The fourth-order valence-electron chi connectivity index (χ4n) is 6.68. The molecule has 0 aromatic carbocycles. The maximum absolute atomic E-state index is 13.1. The number of rotatable bonds is 3. The van der Waals surface area contributed by atoms with Crippen LogP contribution < -0.4 is 0 Å². The molecule has 2 N–H and O–H groups in total. The molecule has 9 nitrogen and oxygen atoms in total. The lowest BCUT2D eigenvalue weighted by atomic mass is 9.48. The zero-order valence-corrected chi connectivity index (χ0v) is 21.4. The largest absolute Gasteiger partial charge is 0.462 e. The van der Waals surface area contributed by atoms with Crippen molar-refractivity contribution in [2.24, 2.45) is 22.7 Å². The molecule has 0 spiro atoms. The van der Waals surface area contributed by atoms with Gasteiger partial charge in [-0.3, -0.25) is 19.2 Å². The van der Waals surface area contributed by atoms with Crippen LogP contribution in [0.1, 0.15) is 61.3 Å². The number of esters is 3. The molecule has 2 fully saturated rings. The predicted molar refractivity (Wildman–Crippen MR) is 124 cm³/mol. The number of carbonyl (C=O) groups excluding carboxylic acids is 4. The molecule has 2 saturated carbocycles. The maximum atomic E-state index is 13.1. The molecule has 2 bridgehead atoms. The van der Waals surface area contributed by atoms with E-state index in [9.17, 15) is 29.4 Å². The molecule has 194 valence electrons. The van der Waals surface area contributed by atoms with Gasteiger partial charge < -0.3 is 24.4 Å². The number of hydrogen-bond acceptors (Lipinski definition) is 9. The molecule has 0 heterocycles. The van der Waals surface area contributed by atoms with Gasteiger partial charge in [0.15, 0.2) is 18.0 Å². The van der Waals surface area contributed by atoms with E-state index in [1.54, 1.807) is 13.8 Å². The molecule has 0 radical (unpaired) electrons. The molecule has 3 aliphatic rings. The third-order valence-corrected chi connectivity index (χ3v) is 8.30. The quantitative estimate of drug-likeness (QED) is 0.344. The zero-order valence-electron chi connectivity index (χ0n) is 21.4. The number of carbonyl (C=O) groups is 4. The van der Waals surface area contributed by atoms with Gasteiger partial charge in [-0.05, 0) is 29.1 Å². The summed E-state index contributed by atoms with van der Waals surface area (Å²) in [6, 6.07) is 0. The molecule has 3 rings (SSSR count). The van der Waals surface area contributed by atoms with E-state index in [1.807, 2.05) is 13.8 Å². The fraction of sp³-hybridized carbons (Fsp3) is 0.692. The Balaban J connectivity index is 2.43. The molecule has 0 aliphatic heterocycles. The van der Waals surface area contributed by atoms with Gasteiger partial charge >= 0.3 is 17.9 Å². The van der Waals surface area contributed by atoms with Crippen molar-refractivity contribution in [2.75, 3.05) is 0 Å². The van der Waals surface area contributed by atoms with Gasteiger partial charge in [-0.15, -0.1) is 0 Å². The van der Waals surface area contributed by atoms with E-state index >= 15 is 0 Å². The molecule has 35 heavy (non-hydrogen) atoms. The van der Waals surface area contributed by atoms with Crippen molar-refractivity contribution < 1.29 is 43.6 Å². The van der Waals surface area contributed by atoms with Crippen molar-refractivity contribution >= 4 is 23.7 Å². The van der Waals surface area contributed by atoms with Crippen molar-refractivity contribution in [2.45, 2.75) is 91.8 Å². The van der Waals surface area contributed by atoms with Crippen LogP contribution in [-0.4, -0.2) is 64.4 Å². The number of ketones is 1. The van der Waals surface area contributed by atoms with E-state index < -0.39 is 71.1 Å². The Labute approximate surface area is 205 Å². The highest BCUT2D eigenvalue weighted by atomic mass is 16.6. The van der Waals surface area contributed by atoms with Crippen molar-refractivity contribution in [1.82, 2.24) is 0 Å². The summed E-state index contributed by atoms with van der Waals surface area (Å²) in [5.41, 5.74) is -1.09. The first kappa shape index (κ1) is 27.1. The van der Waals surface area contributed by atoms with Gasteiger partial charge in [-0.1, -0.05) is 27.4 Å². The average molecular weight is 493 g/mol. The van der Waals surface area contributed by atoms with Gasteiger partial charge in [0, 0.05) is 45.4 Å². The van der Waals surface area contributed by atoms with Crippen molar-refractivity contribution in [3.05, 3.63) is 23.3 Å². The number of ether oxygens (including phenoxy) is 3. The Morgan fingerprint density at radius 1 is 0.971 bits per heavy atom. The first-order valence-electron chi connectivity index (χ1n) is 11.9. The molecule has 8 atom stereocenters. The van der Waals surface area contributed by atoms with Crippen LogP contribution in [-0.2, 0) is 33.4 Å². The van der Waals surface area contributed by atoms with Crippen LogP contribution in [0.15, 0.2) is 23.3 Å². The van der Waals surface area contributed by atoms with Crippen LogP contribution in [0.3, 0.4) is 0 Å². The van der Waals surface area contributed by atoms with Crippen LogP contribution in [0.5, 0.6) is 0 Å². The Bertz CT molecular complexity index is 993. The van der Waals surface area contributed by atoms with Crippen LogP contribution in [0.4, 0.5) is 0 Å². The smallest absolute Gasteiger partial charge is 0.303 e. The predicted octanol–water partition coefficient (Wildman–Crippen LogP) is 2.03. The summed E-state index contributed by atoms with van der Waals surface area (Å²) < 4.78 is 17.3. The molecule has 9 heteroatoms. The van der Waals surface area contributed by atoms with Crippen LogP contribution >= 0.6 is 0 Å². The third kappa shape index (κ3) is 4.33. The number of aliphatic hydroxyl groups excluding tert-OH is 2. The minimum Gasteiger partial charge on any atom is -0.462 e. The van der Waals surface area contributed by atoms with Crippen molar-refractivity contribution in [1.29, 1.82) is 0 Å². The number of fused-ring (bicyclic) bond motifs is 3. The van der Waals surface area contributed by atoms with E-state index in [4.69, 9.17) is 14.2 Å². The summed E-state index contributed by atoms with van der Waals surface area (Å²) in [5.74, 6) is -3.76. The number of hydrogen-bond donors (Lipinski definition) is 2. The van der Waals surface area contributed by atoms with E-state index in [1.165, 1.54) is 20.8 Å². The summed E-state index contributed by atoms with van der Waals surface area (Å²) in [6.45, 7) is 14.7. The first-order chi connectivity index (χ1) is 16.0. The Kier molecular flexibility index (Phi) is 7.09. The highest BCUT2D eigenvalue weighted by molar-refractivity contribution is 5.97. The topological polar surface area (TPSA) is 136 Å². The zero-order chi connectivity index (χ0) is 26.6. The highest BCUT2D eigenvalue weighted by Crippen LogP contribution is 2.60. The monoisotopic (exact) mass is 492 g/mol. The second kappa shape index (κ2) is 9.17. The lowest BCUT2D eigenvalue weighted by Gasteiger charge is -2.60. The summed E-state index contributed by atoms with van der Waals surface area (Å²) in [4.78, 5) is 50.0. The molecule has 0 aromatic heterocycles. The number of Topliss-reactive ketones (excluding diaryl/α,β-unsaturated/α-hetero) is 1. The first-order valence-corrected chi connectivity index (χ1v) is 11.9. The molecular weight excluding hydrogens is 456 g/mol. The highest BCUT2D eigenvalue weighted by Gasteiger charge is 2.66. The molecule has 0 saturated heterocycles. The molecule has 0 unspecified atom stereocenters. The summed E-state index contributed by atoms with van der Waals surface area (Å²) >= 11 is 0. The Morgan fingerprint density at radius 3 is 2.03 bits per heavy atom. The second-order valence-corrected chi connectivity index (χ2v) is 10.8. The van der Waals surface area contributed by atoms with Gasteiger partial charge in [-0.25, -0.2) is 0 Å².